The molecule has 4 bridgehead atoms. The van der Waals surface area contributed by atoms with Crippen LogP contribution >= 0.6 is 11.8 Å². The highest BCUT2D eigenvalue weighted by atomic mass is 32.2. The minimum absolute atomic E-state index is 0.250. The SMILES string of the molecule is C1=CC2=C3NC2SC3CN1.NC=O. The van der Waals surface area contributed by atoms with E-state index in [9.17, 15) is 0 Å². The molecule has 4 aliphatic rings. The molecule has 2 unspecified atom stereocenters. The third kappa shape index (κ3) is 1.29. The summed E-state index contributed by atoms with van der Waals surface area (Å²) in [6, 6.07) is 0. The number of hydrogen-bond acceptors (Lipinski definition) is 4. The monoisotopic (exact) mass is 197 g/mol. The lowest BCUT2D eigenvalue weighted by Gasteiger charge is -2.21. The number of primary amides is 1. The van der Waals surface area contributed by atoms with Gasteiger partial charge in [0.15, 0.2) is 0 Å². The van der Waals surface area contributed by atoms with Gasteiger partial charge in [-0.2, -0.15) is 0 Å². The van der Waals surface area contributed by atoms with E-state index >= 15 is 0 Å². The van der Waals surface area contributed by atoms with Crippen LogP contribution in [0.1, 0.15) is 0 Å². The van der Waals surface area contributed by atoms with Crippen molar-refractivity contribution in [3.8, 4) is 0 Å². The van der Waals surface area contributed by atoms with Gasteiger partial charge >= 0.3 is 0 Å². The molecule has 0 aromatic heterocycles. The summed E-state index contributed by atoms with van der Waals surface area (Å²) in [6.07, 6.45) is 4.50. The van der Waals surface area contributed by atoms with E-state index in [2.05, 4.69) is 28.6 Å². The van der Waals surface area contributed by atoms with Gasteiger partial charge < -0.3 is 16.4 Å². The third-order valence-electron chi connectivity index (χ3n) is 2.19. The smallest absolute Gasteiger partial charge is 0.204 e. The summed E-state index contributed by atoms with van der Waals surface area (Å²) in [5.41, 5.74) is 7.15. The Balaban J connectivity index is 0.000000196. The van der Waals surface area contributed by atoms with E-state index < -0.39 is 0 Å². The van der Waals surface area contributed by atoms with Crippen molar-refractivity contribution in [1.82, 2.24) is 10.6 Å². The van der Waals surface area contributed by atoms with E-state index in [1.165, 1.54) is 11.3 Å². The average molecular weight is 197 g/mol. The van der Waals surface area contributed by atoms with Gasteiger partial charge in [-0.15, -0.1) is 11.8 Å². The van der Waals surface area contributed by atoms with Crippen molar-refractivity contribution in [3.63, 3.8) is 0 Å². The fourth-order valence-electron chi connectivity index (χ4n) is 1.64. The van der Waals surface area contributed by atoms with Crippen LogP contribution in [0.5, 0.6) is 0 Å². The van der Waals surface area contributed by atoms with Crippen LogP contribution in [0.3, 0.4) is 0 Å². The Morgan fingerprint density at radius 3 is 3.23 bits per heavy atom. The van der Waals surface area contributed by atoms with Crippen molar-refractivity contribution in [3.05, 3.63) is 23.5 Å². The number of amides is 1. The summed E-state index contributed by atoms with van der Waals surface area (Å²) >= 11 is 2.02. The fourth-order valence-corrected chi connectivity index (χ4v) is 3.04. The Morgan fingerprint density at radius 1 is 1.69 bits per heavy atom. The highest BCUT2D eigenvalue weighted by molar-refractivity contribution is 8.01. The van der Waals surface area contributed by atoms with Gasteiger partial charge in [-0.25, -0.2) is 0 Å². The first-order valence-electron chi connectivity index (χ1n) is 4.08. The fraction of sp³-hybridized carbons (Fsp3) is 0.375. The first-order valence-corrected chi connectivity index (χ1v) is 5.02. The van der Waals surface area contributed by atoms with Crippen LogP contribution in [0.25, 0.3) is 0 Å². The van der Waals surface area contributed by atoms with Crippen molar-refractivity contribution in [2.75, 3.05) is 6.54 Å². The minimum atomic E-state index is 0.250. The summed E-state index contributed by atoms with van der Waals surface area (Å²) in [7, 11) is 0. The molecule has 1 saturated heterocycles. The van der Waals surface area contributed by atoms with Gasteiger partial charge in [0.1, 0.15) is 5.37 Å². The average Bonchev–Trinajstić information content (AvgIpc) is 2.56. The van der Waals surface area contributed by atoms with Gasteiger partial charge in [0.25, 0.3) is 0 Å². The van der Waals surface area contributed by atoms with Crippen LogP contribution in [0.2, 0.25) is 0 Å². The lowest BCUT2D eigenvalue weighted by atomic mass is 10.1. The van der Waals surface area contributed by atoms with Crippen LogP contribution in [0, 0.1) is 0 Å². The zero-order chi connectivity index (χ0) is 9.26. The zero-order valence-corrected chi connectivity index (χ0v) is 7.80. The van der Waals surface area contributed by atoms with Crippen molar-refractivity contribution in [1.29, 1.82) is 0 Å². The normalized spacial score (nSPS) is 31.7. The Kier molecular flexibility index (Phi) is 2.18. The topological polar surface area (TPSA) is 67.2 Å². The molecule has 70 valence electrons. The number of nitrogens with one attached hydrogen (secondary N) is 2. The number of hydrogen-bond donors (Lipinski definition) is 3. The van der Waals surface area contributed by atoms with Crippen LogP contribution in [0.4, 0.5) is 0 Å². The molecule has 5 heteroatoms. The molecule has 0 aliphatic carbocycles. The lowest BCUT2D eigenvalue weighted by Crippen LogP contribution is -2.33. The van der Waals surface area contributed by atoms with Crippen molar-refractivity contribution in [2.24, 2.45) is 5.73 Å². The van der Waals surface area contributed by atoms with E-state index in [0.717, 1.165) is 6.54 Å². The maximum absolute atomic E-state index is 8.58. The number of nitrogens with two attached hydrogens (primary N) is 1. The Morgan fingerprint density at radius 2 is 2.46 bits per heavy atom. The molecule has 4 heterocycles. The lowest BCUT2D eigenvalue weighted by molar-refractivity contribution is -0.106. The van der Waals surface area contributed by atoms with Gasteiger partial charge in [0.2, 0.25) is 6.41 Å². The molecule has 1 amide bonds. The summed E-state index contributed by atoms with van der Waals surface area (Å²) in [5.74, 6) is 0. The molecule has 1 fully saturated rings. The molecule has 4 N–H and O–H groups in total. The highest BCUT2D eigenvalue weighted by Crippen LogP contribution is 2.45. The Hall–Kier alpha value is -1.10. The summed E-state index contributed by atoms with van der Waals surface area (Å²) < 4.78 is 0. The van der Waals surface area contributed by atoms with E-state index in [1.807, 2.05) is 11.8 Å². The van der Waals surface area contributed by atoms with Crippen molar-refractivity contribution < 1.29 is 4.79 Å². The zero-order valence-electron chi connectivity index (χ0n) is 6.99. The van der Waals surface area contributed by atoms with Gasteiger partial charge in [-0.1, -0.05) is 0 Å². The van der Waals surface area contributed by atoms with Gasteiger partial charge in [-0.05, 0) is 12.3 Å². The molecule has 2 atom stereocenters. The van der Waals surface area contributed by atoms with Gasteiger partial charge in [-0.3, -0.25) is 4.79 Å². The predicted molar refractivity (Wildman–Crippen MR) is 52.7 cm³/mol. The molecule has 13 heavy (non-hydrogen) atoms. The summed E-state index contributed by atoms with van der Waals surface area (Å²) in [6.45, 7) is 1.09. The second kappa shape index (κ2) is 3.33. The minimum Gasteiger partial charge on any atom is -0.389 e. The second-order valence-electron chi connectivity index (χ2n) is 2.90. The van der Waals surface area contributed by atoms with E-state index in [0.29, 0.717) is 10.6 Å². The highest BCUT2D eigenvalue weighted by Gasteiger charge is 2.42. The molecule has 4 aliphatic heterocycles. The molecule has 0 spiro atoms. The molecule has 4 nitrogen and oxygen atoms in total. The maximum Gasteiger partial charge on any atom is 0.204 e. The number of thioether (sulfide) groups is 1. The maximum atomic E-state index is 8.58. The number of carbonyl (C=O) groups is 1. The first kappa shape index (κ1) is 8.50. The molecule has 0 saturated carbocycles. The van der Waals surface area contributed by atoms with Gasteiger partial charge in [0, 0.05) is 17.8 Å². The molecular formula is C8H11N3OS. The molecule has 0 radical (unpaired) electrons. The second-order valence-corrected chi connectivity index (χ2v) is 4.21. The van der Waals surface area contributed by atoms with Crippen LogP contribution in [0.15, 0.2) is 23.5 Å². The van der Waals surface area contributed by atoms with Crippen molar-refractivity contribution in [2.45, 2.75) is 10.6 Å². The Bertz CT molecular complexity index is 287. The molecule has 0 aromatic rings. The first-order chi connectivity index (χ1) is 6.36. The predicted octanol–water partition coefficient (Wildman–Crippen LogP) is -0.496. The Labute approximate surface area is 80.6 Å². The van der Waals surface area contributed by atoms with Crippen LogP contribution < -0.4 is 16.4 Å². The number of carbonyl (C=O) groups excluding carboxylic acids is 1. The van der Waals surface area contributed by atoms with Crippen molar-refractivity contribution >= 4 is 18.2 Å². The molecular weight excluding hydrogens is 186 g/mol. The van der Waals surface area contributed by atoms with E-state index in [1.54, 1.807) is 0 Å². The van der Waals surface area contributed by atoms with E-state index in [-0.39, 0.29) is 6.41 Å². The third-order valence-corrected chi connectivity index (χ3v) is 3.56. The van der Waals surface area contributed by atoms with Crippen LogP contribution in [-0.2, 0) is 4.79 Å². The summed E-state index contributed by atoms with van der Waals surface area (Å²) in [4.78, 5) is 8.58. The standard InChI is InChI=1S/C7H8N2S.CH3NO/c1-2-8-3-5-6-4(1)7(9-6)10-5;2-1-3/h1-2,5,7-9H,3H2;1H,(H2,2,3). The quantitative estimate of drug-likeness (QED) is 0.458. The van der Waals surface area contributed by atoms with E-state index in [4.69, 9.17) is 4.79 Å². The van der Waals surface area contributed by atoms with Gasteiger partial charge in [0.05, 0.1) is 5.25 Å². The number of rotatable bonds is 0. The van der Waals surface area contributed by atoms with Crippen LogP contribution in [-0.4, -0.2) is 23.6 Å². The largest absolute Gasteiger partial charge is 0.389 e. The summed E-state index contributed by atoms with van der Waals surface area (Å²) in [5, 5.41) is 7.99. The molecule has 4 rings (SSSR count). The molecule has 0 aromatic carbocycles.